The zero-order valence-electron chi connectivity index (χ0n) is 9.70. The molecule has 1 heterocycles. The average Bonchev–Trinajstić information content (AvgIpc) is 2.69. The van der Waals surface area contributed by atoms with Gasteiger partial charge in [0.25, 0.3) is 0 Å². The van der Waals surface area contributed by atoms with Crippen LogP contribution in [-0.2, 0) is 0 Å². The molecule has 2 aromatic rings. The molecule has 16 heavy (non-hydrogen) atoms. The molecule has 0 aliphatic rings. The van der Waals surface area contributed by atoms with Gasteiger partial charge in [0.1, 0.15) is 5.75 Å². The van der Waals surface area contributed by atoms with E-state index in [0.29, 0.717) is 5.69 Å². The molecule has 1 N–H and O–H groups in total. The van der Waals surface area contributed by atoms with Crippen molar-refractivity contribution in [3.63, 3.8) is 0 Å². The number of ether oxygens (including phenoxy) is 1. The number of aromatic nitrogens is 1. The molecule has 0 aliphatic carbocycles. The fraction of sp³-hybridized carbons (Fsp3) is 0.308. The number of ketones is 1. The molecule has 0 spiro atoms. The molecule has 0 aliphatic heterocycles. The number of rotatable bonds is 3. The Labute approximate surface area is 94.4 Å². The highest BCUT2D eigenvalue weighted by atomic mass is 16.5. The molecule has 3 nitrogen and oxygen atoms in total. The van der Waals surface area contributed by atoms with E-state index < -0.39 is 0 Å². The third-order valence-corrected chi connectivity index (χ3v) is 2.62. The molecule has 84 valence electrons. The van der Waals surface area contributed by atoms with Crippen molar-refractivity contribution in [2.45, 2.75) is 13.8 Å². The standard InChI is InChI=1S/C13H15NO2/c1-8(2)13(15)12-6-9-4-5-10(16-3)7-11(9)14-12/h4-8,14H,1-3H3. The topological polar surface area (TPSA) is 42.1 Å². The lowest BCUT2D eigenvalue weighted by molar-refractivity contribution is 0.0935. The summed E-state index contributed by atoms with van der Waals surface area (Å²) in [5.74, 6) is 0.933. The van der Waals surface area contributed by atoms with Crippen LogP contribution in [0.2, 0.25) is 0 Å². The van der Waals surface area contributed by atoms with Gasteiger partial charge in [0.2, 0.25) is 0 Å². The largest absolute Gasteiger partial charge is 0.497 e. The van der Waals surface area contributed by atoms with E-state index in [1.807, 2.05) is 38.1 Å². The Morgan fingerprint density at radius 1 is 1.31 bits per heavy atom. The van der Waals surface area contributed by atoms with Crippen molar-refractivity contribution < 1.29 is 9.53 Å². The highest BCUT2D eigenvalue weighted by Gasteiger charge is 2.13. The summed E-state index contributed by atoms with van der Waals surface area (Å²) in [7, 11) is 1.63. The second-order valence-electron chi connectivity index (χ2n) is 4.16. The molecular formula is C13H15NO2. The second-order valence-corrected chi connectivity index (χ2v) is 4.16. The van der Waals surface area contributed by atoms with E-state index in [0.717, 1.165) is 16.7 Å². The molecule has 0 saturated carbocycles. The van der Waals surface area contributed by atoms with Crippen LogP contribution in [0.5, 0.6) is 5.75 Å². The monoisotopic (exact) mass is 217 g/mol. The number of H-pyrrole nitrogens is 1. The van der Waals surface area contributed by atoms with Crippen molar-refractivity contribution in [3.05, 3.63) is 30.0 Å². The van der Waals surface area contributed by atoms with Crippen LogP contribution in [0.15, 0.2) is 24.3 Å². The summed E-state index contributed by atoms with van der Waals surface area (Å²) in [5, 5.41) is 1.03. The lowest BCUT2D eigenvalue weighted by Crippen LogP contribution is -2.07. The zero-order valence-corrected chi connectivity index (χ0v) is 9.70. The number of benzene rings is 1. The summed E-state index contributed by atoms with van der Waals surface area (Å²) in [5.41, 5.74) is 1.60. The molecule has 2 rings (SSSR count). The molecule has 0 radical (unpaired) electrons. The summed E-state index contributed by atoms with van der Waals surface area (Å²) in [6.45, 7) is 3.79. The summed E-state index contributed by atoms with van der Waals surface area (Å²) in [6, 6.07) is 7.62. The Morgan fingerprint density at radius 2 is 2.06 bits per heavy atom. The van der Waals surface area contributed by atoms with Crippen LogP contribution in [0, 0.1) is 5.92 Å². The number of Topliss-reactive ketones (excluding diaryl/α,β-unsaturated/α-hetero) is 1. The third-order valence-electron chi connectivity index (χ3n) is 2.62. The van der Waals surface area contributed by atoms with E-state index in [1.54, 1.807) is 7.11 Å². The number of hydrogen-bond donors (Lipinski definition) is 1. The number of nitrogens with one attached hydrogen (secondary N) is 1. The van der Waals surface area contributed by atoms with Gasteiger partial charge in [-0.15, -0.1) is 0 Å². The highest BCUT2D eigenvalue weighted by molar-refractivity contribution is 6.00. The van der Waals surface area contributed by atoms with Crippen molar-refractivity contribution in [3.8, 4) is 5.75 Å². The molecule has 0 bridgehead atoms. The van der Waals surface area contributed by atoms with Crippen LogP contribution in [-0.4, -0.2) is 17.9 Å². The first-order valence-electron chi connectivity index (χ1n) is 5.33. The van der Waals surface area contributed by atoms with Crippen LogP contribution < -0.4 is 4.74 Å². The minimum Gasteiger partial charge on any atom is -0.497 e. The van der Waals surface area contributed by atoms with Gasteiger partial charge in [-0.2, -0.15) is 0 Å². The Morgan fingerprint density at radius 3 is 2.69 bits per heavy atom. The Balaban J connectivity index is 2.47. The number of hydrogen-bond acceptors (Lipinski definition) is 2. The predicted octanol–water partition coefficient (Wildman–Crippen LogP) is 3.02. The molecule has 0 fully saturated rings. The normalized spacial score (nSPS) is 11.0. The minimum absolute atomic E-state index is 0.00922. The van der Waals surface area contributed by atoms with Crippen LogP contribution in [0.25, 0.3) is 10.9 Å². The summed E-state index contributed by atoms with van der Waals surface area (Å²) in [4.78, 5) is 14.9. The van der Waals surface area contributed by atoms with Gasteiger partial charge in [0, 0.05) is 22.9 Å². The van der Waals surface area contributed by atoms with Crippen molar-refractivity contribution in [1.29, 1.82) is 0 Å². The number of fused-ring (bicyclic) bond motifs is 1. The lowest BCUT2D eigenvalue weighted by atomic mass is 10.1. The van der Waals surface area contributed by atoms with Gasteiger partial charge in [-0.05, 0) is 18.2 Å². The van der Waals surface area contributed by atoms with E-state index in [-0.39, 0.29) is 11.7 Å². The van der Waals surface area contributed by atoms with E-state index in [2.05, 4.69) is 4.98 Å². The molecule has 0 atom stereocenters. The molecule has 0 unspecified atom stereocenters. The fourth-order valence-corrected chi connectivity index (χ4v) is 1.68. The lowest BCUT2D eigenvalue weighted by Gasteiger charge is -1.99. The Bertz CT molecular complexity index is 526. The number of aromatic amines is 1. The van der Waals surface area contributed by atoms with E-state index in [4.69, 9.17) is 4.74 Å². The fourth-order valence-electron chi connectivity index (χ4n) is 1.68. The van der Waals surface area contributed by atoms with Gasteiger partial charge in [0.05, 0.1) is 12.8 Å². The maximum Gasteiger partial charge on any atom is 0.181 e. The molecule has 3 heteroatoms. The first-order chi connectivity index (χ1) is 7.61. The number of carbonyl (C=O) groups is 1. The van der Waals surface area contributed by atoms with Crippen LogP contribution >= 0.6 is 0 Å². The number of methoxy groups -OCH3 is 1. The summed E-state index contributed by atoms with van der Waals surface area (Å²) in [6.07, 6.45) is 0. The van der Waals surface area contributed by atoms with Crippen LogP contribution in [0.1, 0.15) is 24.3 Å². The second kappa shape index (κ2) is 4.00. The van der Waals surface area contributed by atoms with Crippen LogP contribution in [0.3, 0.4) is 0 Å². The predicted molar refractivity (Wildman–Crippen MR) is 64.0 cm³/mol. The molecule has 0 saturated heterocycles. The van der Waals surface area contributed by atoms with E-state index in [1.165, 1.54) is 0 Å². The Kier molecular flexibility index (Phi) is 2.69. The SMILES string of the molecule is COc1ccc2cc(C(=O)C(C)C)[nH]c2c1. The van der Waals surface area contributed by atoms with Gasteiger partial charge in [-0.1, -0.05) is 13.8 Å². The van der Waals surface area contributed by atoms with E-state index >= 15 is 0 Å². The maximum absolute atomic E-state index is 11.8. The van der Waals surface area contributed by atoms with Gasteiger partial charge >= 0.3 is 0 Å². The smallest absolute Gasteiger partial charge is 0.181 e. The average molecular weight is 217 g/mol. The Hall–Kier alpha value is -1.77. The molecule has 1 aromatic carbocycles. The minimum atomic E-state index is 0.00922. The van der Waals surface area contributed by atoms with Crippen molar-refractivity contribution in [2.75, 3.05) is 7.11 Å². The first kappa shape index (κ1) is 10.7. The molecular weight excluding hydrogens is 202 g/mol. The summed E-state index contributed by atoms with van der Waals surface area (Å²) >= 11 is 0. The van der Waals surface area contributed by atoms with Crippen LogP contribution in [0.4, 0.5) is 0 Å². The van der Waals surface area contributed by atoms with Gasteiger partial charge in [0.15, 0.2) is 5.78 Å². The highest BCUT2D eigenvalue weighted by Crippen LogP contribution is 2.22. The van der Waals surface area contributed by atoms with Crippen molar-refractivity contribution in [1.82, 2.24) is 4.98 Å². The number of carbonyl (C=O) groups excluding carboxylic acids is 1. The zero-order chi connectivity index (χ0) is 11.7. The summed E-state index contributed by atoms with van der Waals surface area (Å²) < 4.78 is 5.13. The molecule has 0 amide bonds. The van der Waals surface area contributed by atoms with E-state index in [9.17, 15) is 4.79 Å². The molecule has 1 aromatic heterocycles. The maximum atomic E-state index is 11.8. The van der Waals surface area contributed by atoms with Crippen molar-refractivity contribution in [2.24, 2.45) is 5.92 Å². The van der Waals surface area contributed by atoms with Gasteiger partial charge in [-0.25, -0.2) is 0 Å². The third kappa shape index (κ3) is 1.81. The van der Waals surface area contributed by atoms with Crippen molar-refractivity contribution >= 4 is 16.7 Å². The van der Waals surface area contributed by atoms with Gasteiger partial charge < -0.3 is 9.72 Å². The first-order valence-corrected chi connectivity index (χ1v) is 5.33. The quantitative estimate of drug-likeness (QED) is 0.803. The van der Waals surface area contributed by atoms with Gasteiger partial charge in [-0.3, -0.25) is 4.79 Å².